The molecule has 2 unspecified atom stereocenters. The zero-order chi connectivity index (χ0) is 7.61. The van der Waals surface area contributed by atoms with Crippen molar-refractivity contribution in [1.82, 2.24) is 5.32 Å². The predicted octanol–water partition coefficient (Wildman–Crippen LogP) is 1.02. The molecule has 2 nitrogen and oxygen atoms in total. The van der Waals surface area contributed by atoms with Crippen molar-refractivity contribution in [1.29, 1.82) is 0 Å². The Hall–Kier alpha value is -0.0800. The molecule has 0 radical (unpaired) electrons. The highest BCUT2D eigenvalue weighted by Crippen LogP contribution is 2.37. The molecule has 60 valence electrons. The number of hydrogen-bond donors (Lipinski definition) is 1. The fourth-order valence-corrected chi connectivity index (χ4v) is 1.70. The van der Waals surface area contributed by atoms with Gasteiger partial charge in [-0.15, -0.1) is 0 Å². The number of likely N-dealkylation sites (N-methyl/N-ethyl adjacent to an activating group) is 1. The predicted molar refractivity (Wildman–Crippen MR) is 42.1 cm³/mol. The van der Waals surface area contributed by atoms with Crippen LogP contribution in [0.1, 0.15) is 19.8 Å². The molecule has 0 saturated heterocycles. The van der Waals surface area contributed by atoms with Crippen molar-refractivity contribution in [2.45, 2.75) is 25.3 Å². The van der Waals surface area contributed by atoms with Crippen molar-refractivity contribution in [3.8, 4) is 0 Å². The number of methoxy groups -OCH3 is 1. The molecule has 1 fully saturated rings. The molecule has 1 N–H and O–H groups in total. The van der Waals surface area contributed by atoms with Gasteiger partial charge in [-0.3, -0.25) is 0 Å². The van der Waals surface area contributed by atoms with Crippen molar-refractivity contribution in [2.24, 2.45) is 5.92 Å². The molecule has 1 rings (SSSR count). The minimum Gasteiger partial charge on any atom is -0.383 e. The normalized spacial score (nSPS) is 39.3. The molecule has 1 saturated carbocycles. The molecule has 1 aliphatic rings. The van der Waals surface area contributed by atoms with E-state index in [2.05, 4.69) is 12.2 Å². The van der Waals surface area contributed by atoms with Crippen LogP contribution in [0.15, 0.2) is 0 Å². The average molecular weight is 143 g/mol. The Morgan fingerprint density at radius 3 is 2.50 bits per heavy atom. The van der Waals surface area contributed by atoms with Crippen molar-refractivity contribution in [2.75, 3.05) is 20.8 Å². The van der Waals surface area contributed by atoms with Crippen LogP contribution in [0.25, 0.3) is 0 Å². The van der Waals surface area contributed by atoms with Crippen molar-refractivity contribution in [3.05, 3.63) is 0 Å². The monoisotopic (exact) mass is 143 g/mol. The fraction of sp³-hybridized carbons (Fsp3) is 1.00. The Kier molecular flexibility index (Phi) is 2.32. The maximum Gasteiger partial charge on any atom is 0.0647 e. The molecule has 0 aliphatic heterocycles. The molecule has 2 heteroatoms. The van der Waals surface area contributed by atoms with Gasteiger partial charge in [-0.1, -0.05) is 6.92 Å². The Bertz CT molecular complexity index is 112. The largest absolute Gasteiger partial charge is 0.383 e. The highest BCUT2D eigenvalue weighted by molar-refractivity contribution is 5.00. The highest BCUT2D eigenvalue weighted by atomic mass is 16.5. The molecule has 2 atom stereocenters. The summed E-state index contributed by atoms with van der Waals surface area (Å²) >= 11 is 0. The van der Waals surface area contributed by atoms with E-state index in [9.17, 15) is 0 Å². The molecule has 0 aromatic rings. The second-order valence-corrected chi connectivity index (χ2v) is 3.28. The summed E-state index contributed by atoms with van der Waals surface area (Å²) in [6.45, 7) is 3.13. The van der Waals surface area contributed by atoms with Crippen molar-refractivity contribution < 1.29 is 4.74 Å². The van der Waals surface area contributed by atoms with Crippen LogP contribution in [-0.4, -0.2) is 26.3 Å². The summed E-state index contributed by atoms with van der Waals surface area (Å²) in [5.41, 5.74) is 0.300. The molecular formula is C8H17NO. The van der Waals surface area contributed by atoms with Gasteiger partial charge >= 0.3 is 0 Å². The second-order valence-electron chi connectivity index (χ2n) is 3.28. The van der Waals surface area contributed by atoms with E-state index in [0.717, 1.165) is 12.5 Å². The summed E-state index contributed by atoms with van der Waals surface area (Å²) in [6, 6.07) is 0. The lowest BCUT2D eigenvalue weighted by Crippen LogP contribution is -2.58. The fourth-order valence-electron chi connectivity index (χ4n) is 1.70. The first kappa shape index (κ1) is 8.02. The lowest BCUT2D eigenvalue weighted by Gasteiger charge is -2.47. The minimum absolute atomic E-state index is 0.300. The van der Waals surface area contributed by atoms with Gasteiger partial charge in [0.1, 0.15) is 0 Å². The van der Waals surface area contributed by atoms with Gasteiger partial charge in [0.05, 0.1) is 6.61 Å². The smallest absolute Gasteiger partial charge is 0.0647 e. The van der Waals surface area contributed by atoms with Gasteiger partial charge < -0.3 is 10.1 Å². The Morgan fingerprint density at radius 1 is 1.70 bits per heavy atom. The maximum absolute atomic E-state index is 5.15. The molecule has 0 amide bonds. The molecule has 0 spiro atoms. The van der Waals surface area contributed by atoms with Crippen molar-refractivity contribution in [3.63, 3.8) is 0 Å². The van der Waals surface area contributed by atoms with E-state index in [4.69, 9.17) is 4.74 Å². The first-order chi connectivity index (χ1) is 4.75. The van der Waals surface area contributed by atoms with Gasteiger partial charge in [-0.2, -0.15) is 0 Å². The highest BCUT2D eigenvalue weighted by Gasteiger charge is 2.42. The van der Waals surface area contributed by atoms with Crippen LogP contribution < -0.4 is 5.32 Å². The number of nitrogens with one attached hydrogen (secondary N) is 1. The van der Waals surface area contributed by atoms with Crippen LogP contribution in [-0.2, 0) is 4.74 Å². The molecule has 10 heavy (non-hydrogen) atoms. The van der Waals surface area contributed by atoms with Crippen LogP contribution in [0, 0.1) is 5.92 Å². The first-order valence-electron chi connectivity index (χ1n) is 3.93. The number of ether oxygens (including phenoxy) is 1. The quantitative estimate of drug-likeness (QED) is 0.637. The lowest BCUT2D eigenvalue weighted by molar-refractivity contribution is 0.0151. The summed E-state index contributed by atoms with van der Waals surface area (Å²) in [6.07, 6.45) is 2.60. The van der Waals surface area contributed by atoms with E-state index in [1.165, 1.54) is 12.8 Å². The van der Waals surface area contributed by atoms with E-state index < -0.39 is 0 Å². The van der Waals surface area contributed by atoms with E-state index >= 15 is 0 Å². The van der Waals surface area contributed by atoms with Crippen LogP contribution in [0.5, 0.6) is 0 Å². The first-order valence-corrected chi connectivity index (χ1v) is 3.93. The lowest BCUT2D eigenvalue weighted by atomic mass is 9.68. The maximum atomic E-state index is 5.15. The van der Waals surface area contributed by atoms with E-state index in [1.54, 1.807) is 7.11 Å². The van der Waals surface area contributed by atoms with Gasteiger partial charge in [0, 0.05) is 12.6 Å². The summed E-state index contributed by atoms with van der Waals surface area (Å²) in [5, 5.41) is 3.34. The third-order valence-corrected chi connectivity index (χ3v) is 2.87. The average Bonchev–Trinajstić information content (AvgIpc) is 1.97. The third kappa shape index (κ3) is 1.06. The summed E-state index contributed by atoms with van der Waals surface area (Å²) < 4.78 is 5.15. The van der Waals surface area contributed by atoms with Gasteiger partial charge in [-0.25, -0.2) is 0 Å². The molecule has 1 aliphatic carbocycles. The van der Waals surface area contributed by atoms with E-state index in [0.29, 0.717) is 5.54 Å². The van der Waals surface area contributed by atoms with Crippen LogP contribution in [0.4, 0.5) is 0 Å². The Balaban J connectivity index is 2.43. The van der Waals surface area contributed by atoms with Gasteiger partial charge in [0.25, 0.3) is 0 Å². The van der Waals surface area contributed by atoms with Gasteiger partial charge in [-0.05, 0) is 25.8 Å². The van der Waals surface area contributed by atoms with E-state index in [1.807, 2.05) is 7.05 Å². The Labute approximate surface area is 63.0 Å². The summed E-state index contributed by atoms with van der Waals surface area (Å²) in [5.74, 6) is 0.775. The summed E-state index contributed by atoms with van der Waals surface area (Å²) in [4.78, 5) is 0. The SMILES string of the molecule is CNC1(COC)CCC1C. The number of rotatable bonds is 3. The van der Waals surface area contributed by atoms with Crippen LogP contribution >= 0.6 is 0 Å². The second kappa shape index (κ2) is 2.89. The van der Waals surface area contributed by atoms with Crippen LogP contribution in [0.2, 0.25) is 0 Å². The van der Waals surface area contributed by atoms with Crippen molar-refractivity contribution >= 4 is 0 Å². The molecule has 0 bridgehead atoms. The van der Waals surface area contributed by atoms with E-state index in [-0.39, 0.29) is 0 Å². The standard InChI is InChI=1S/C8H17NO/c1-7-4-5-8(7,9-2)6-10-3/h7,9H,4-6H2,1-3H3. The summed E-state index contributed by atoms with van der Waals surface area (Å²) in [7, 11) is 3.79. The zero-order valence-corrected chi connectivity index (χ0v) is 7.11. The number of hydrogen-bond acceptors (Lipinski definition) is 2. The van der Waals surface area contributed by atoms with Gasteiger partial charge in [0.2, 0.25) is 0 Å². The van der Waals surface area contributed by atoms with Crippen LogP contribution in [0.3, 0.4) is 0 Å². The van der Waals surface area contributed by atoms with Gasteiger partial charge in [0.15, 0.2) is 0 Å². The third-order valence-electron chi connectivity index (χ3n) is 2.87. The zero-order valence-electron chi connectivity index (χ0n) is 7.11. The minimum atomic E-state index is 0.300. The molecular weight excluding hydrogens is 126 g/mol. The molecule has 0 aromatic carbocycles. The topological polar surface area (TPSA) is 21.3 Å². The molecule has 0 aromatic heterocycles. The Morgan fingerprint density at radius 2 is 2.40 bits per heavy atom. The molecule has 0 heterocycles.